The Morgan fingerprint density at radius 3 is 2.77 bits per heavy atom. The van der Waals surface area contributed by atoms with Gasteiger partial charge in [-0.1, -0.05) is 23.7 Å². The first kappa shape index (κ1) is 16.8. The van der Waals surface area contributed by atoms with Crippen molar-refractivity contribution in [3.8, 4) is 0 Å². The maximum Gasteiger partial charge on any atom is 0.221 e. The number of benzene rings is 1. The maximum absolute atomic E-state index is 12.0. The Morgan fingerprint density at radius 2 is 2.09 bits per heavy atom. The molecule has 1 unspecified atom stereocenters. The van der Waals surface area contributed by atoms with Crippen molar-refractivity contribution in [2.75, 3.05) is 26.2 Å². The monoisotopic (exact) mass is 323 g/mol. The van der Waals surface area contributed by atoms with Crippen LogP contribution in [0, 0.1) is 0 Å². The van der Waals surface area contributed by atoms with Gasteiger partial charge in [0.05, 0.1) is 0 Å². The average Bonchev–Trinajstić information content (AvgIpc) is 2.49. The van der Waals surface area contributed by atoms with E-state index < -0.39 is 0 Å². The summed E-state index contributed by atoms with van der Waals surface area (Å²) in [6.45, 7) is 4.21. The number of carbonyl (C=O) groups is 2. The van der Waals surface area contributed by atoms with Crippen molar-refractivity contribution in [1.29, 1.82) is 0 Å². The van der Waals surface area contributed by atoms with Crippen molar-refractivity contribution >= 4 is 23.4 Å². The minimum atomic E-state index is 0.0110. The molecule has 0 saturated carbocycles. The van der Waals surface area contributed by atoms with Crippen LogP contribution in [0.3, 0.4) is 0 Å². The highest BCUT2D eigenvalue weighted by Crippen LogP contribution is 2.09. The van der Waals surface area contributed by atoms with Gasteiger partial charge in [-0.05, 0) is 24.1 Å². The Hall–Kier alpha value is -1.59. The molecule has 1 saturated heterocycles. The number of rotatable bonds is 5. The van der Waals surface area contributed by atoms with Crippen LogP contribution in [0.1, 0.15) is 18.9 Å². The van der Waals surface area contributed by atoms with Crippen LogP contribution in [0.2, 0.25) is 5.02 Å². The topological polar surface area (TPSA) is 61.4 Å². The fourth-order valence-electron chi connectivity index (χ4n) is 2.54. The summed E-state index contributed by atoms with van der Waals surface area (Å²) in [5.41, 5.74) is 1.14. The van der Waals surface area contributed by atoms with Gasteiger partial charge in [0.15, 0.2) is 0 Å². The summed E-state index contributed by atoms with van der Waals surface area (Å²) >= 11 is 5.83. The van der Waals surface area contributed by atoms with Gasteiger partial charge in [-0.2, -0.15) is 0 Å². The van der Waals surface area contributed by atoms with E-state index in [0.717, 1.165) is 18.5 Å². The quantitative estimate of drug-likeness (QED) is 0.856. The van der Waals surface area contributed by atoms with Crippen molar-refractivity contribution in [2.24, 2.45) is 0 Å². The van der Waals surface area contributed by atoms with Crippen LogP contribution in [0.5, 0.6) is 0 Å². The Kier molecular flexibility index (Phi) is 6.21. The molecule has 0 spiro atoms. The summed E-state index contributed by atoms with van der Waals surface area (Å²) in [7, 11) is 0. The van der Waals surface area contributed by atoms with E-state index >= 15 is 0 Å². The van der Waals surface area contributed by atoms with Crippen molar-refractivity contribution in [3.63, 3.8) is 0 Å². The van der Waals surface area contributed by atoms with Crippen molar-refractivity contribution in [1.82, 2.24) is 15.5 Å². The molecule has 6 heteroatoms. The van der Waals surface area contributed by atoms with E-state index in [-0.39, 0.29) is 17.9 Å². The predicted octanol–water partition coefficient (Wildman–Crippen LogP) is 1.21. The van der Waals surface area contributed by atoms with E-state index in [1.54, 1.807) is 11.8 Å². The largest absolute Gasteiger partial charge is 0.356 e. The van der Waals surface area contributed by atoms with Gasteiger partial charge in [0.25, 0.3) is 0 Å². The van der Waals surface area contributed by atoms with Gasteiger partial charge in [-0.25, -0.2) is 0 Å². The second kappa shape index (κ2) is 8.15. The second-order valence-corrected chi connectivity index (χ2v) is 5.98. The Balaban J connectivity index is 1.69. The summed E-state index contributed by atoms with van der Waals surface area (Å²) in [6.07, 6.45) is 1.17. The lowest BCUT2D eigenvalue weighted by Crippen LogP contribution is -2.53. The molecule has 1 aromatic rings. The molecule has 1 atom stereocenters. The van der Waals surface area contributed by atoms with E-state index in [9.17, 15) is 9.59 Å². The highest BCUT2D eigenvalue weighted by Gasteiger charge is 2.22. The van der Waals surface area contributed by atoms with Gasteiger partial charge < -0.3 is 15.5 Å². The van der Waals surface area contributed by atoms with Crippen molar-refractivity contribution in [2.45, 2.75) is 25.8 Å². The van der Waals surface area contributed by atoms with Crippen LogP contribution in [0.4, 0.5) is 0 Å². The molecular weight excluding hydrogens is 302 g/mol. The van der Waals surface area contributed by atoms with Gasteiger partial charge in [-0.3, -0.25) is 9.59 Å². The van der Waals surface area contributed by atoms with E-state index in [1.807, 2.05) is 24.3 Å². The molecule has 0 aromatic heterocycles. The number of nitrogens with one attached hydrogen (secondary N) is 2. The van der Waals surface area contributed by atoms with Gasteiger partial charge in [0, 0.05) is 50.6 Å². The molecule has 22 heavy (non-hydrogen) atoms. The molecule has 2 amide bonds. The number of hydrogen-bond donors (Lipinski definition) is 2. The Morgan fingerprint density at radius 1 is 1.36 bits per heavy atom. The van der Waals surface area contributed by atoms with E-state index in [1.165, 1.54) is 0 Å². The number of piperazine rings is 1. The van der Waals surface area contributed by atoms with Gasteiger partial charge >= 0.3 is 0 Å². The summed E-state index contributed by atoms with van der Waals surface area (Å²) in [4.78, 5) is 25.1. The van der Waals surface area contributed by atoms with Crippen molar-refractivity contribution < 1.29 is 9.59 Å². The SMILES string of the molecule is CC(=O)N1CCNC(CC(=O)NCCc2ccc(Cl)cc2)C1. The Bertz CT molecular complexity index is 519. The molecular formula is C16H22ClN3O2. The molecule has 0 aliphatic carbocycles. The smallest absolute Gasteiger partial charge is 0.221 e. The summed E-state index contributed by atoms with van der Waals surface area (Å²) in [6, 6.07) is 7.65. The Labute approximate surface area is 136 Å². The molecule has 120 valence electrons. The van der Waals surface area contributed by atoms with Crippen LogP contribution >= 0.6 is 11.6 Å². The van der Waals surface area contributed by atoms with E-state index in [0.29, 0.717) is 31.1 Å². The van der Waals surface area contributed by atoms with Crippen LogP contribution < -0.4 is 10.6 Å². The highest BCUT2D eigenvalue weighted by molar-refractivity contribution is 6.30. The summed E-state index contributed by atoms with van der Waals surface area (Å²) in [5, 5.41) is 6.92. The van der Waals surface area contributed by atoms with Crippen LogP contribution in [-0.4, -0.2) is 48.9 Å². The number of halogens is 1. The highest BCUT2D eigenvalue weighted by atomic mass is 35.5. The third kappa shape index (κ3) is 5.31. The van der Waals surface area contributed by atoms with Crippen LogP contribution in [0.25, 0.3) is 0 Å². The summed E-state index contributed by atoms with van der Waals surface area (Å²) < 4.78 is 0. The lowest BCUT2D eigenvalue weighted by atomic mass is 10.1. The van der Waals surface area contributed by atoms with Crippen LogP contribution in [0.15, 0.2) is 24.3 Å². The van der Waals surface area contributed by atoms with E-state index in [4.69, 9.17) is 11.6 Å². The van der Waals surface area contributed by atoms with Crippen LogP contribution in [-0.2, 0) is 16.0 Å². The third-order valence-corrected chi connectivity index (χ3v) is 4.03. The number of amides is 2. The summed E-state index contributed by atoms with van der Waals surface area (Å²) in [5.74, 6) is 0.0755. The van der Waals surface area contributed by atoms with Gasteiger partial charge in [0.1, 0.15) is 0 Å². The third-order valence-electron chi connectivity index (χ3n) is 3.78. The minimum Gasteiger partial charge on any atom is -0.356 e. The second-order valence-electron chi connectivity index (χ2n) is 5.55. The normalized spacial score (nSPS) is 18.1. The lowest BCUT2D eigenvalue weighted by Gasteiger charge is -2.32. The number of nitrogens with zero attached hydrogens (tertiary/aromatic N) is 1. The standard InChI is InChI=1S/C16H22ClN3O2/c1-12(21)20-9-8-18-15(11-20)10-16(22)19-7-6-13-2-4-14(17)5-3-13/h2-5,15,18H,6-11H2,1H3,(H,19,22). The van der Waals surface area contributed by atoms with E-state index in [2.05, 4.69) is 10.6 Å². The van der Waals surface area contributed by atoms with Crippen molar-refractivity contribution in [3.05, 3.63) is 34.9 Å². The molecule has 0 radical (unpaired) electrons. The van der Waals surface area contributed by atoms with Gasteiger partial charge in [-0.15, -0.1) is 0 Å². The molecule has 1 aromatic carbocycles. The molecule has 1 aliphatic heterocycles. The maximum atomic E-state index is 12.0. The number of hydrogen-bond acceptors (Lipinski definition) is 3. The molecule has 1 aliphatic rings. The first-order valence-electron chi connectivity index (χ1n) is 7.54. The zero-order valence-corrected chi connectivity index (χ0v) is 13.5. The number of carbonyl (C=O) groups excluding carboxylic acids is 2. The lowest BCUT2D eigenvalue weighted by molar-refractivity contribution is -0.131. The minimum absolute atomic E-state index is 0.0110. The predicted molar refractivity (Wildman–Crippen MR) is 86.8 cm³/mol. The molecule has 2 rings (SSSR count). The molecule has 5 nitrogen and oxygen atoms in total. The fraction of sp³-hybridized carbons (Fsp3) is 0.500. The van der Waals surface area contributed by atoms with Gasteiger partial charge in [0.2, 0.25) is 11.8 Å². The molecule has 1 fully saturated rings. The molecule has 1 heterocycles. The zero-order valence-electron chi connectivity index (χ0n) is 12.8. The molecule has 2 N–H and O–H groups in total. The first-order chi connectivity index (χ1) is 10.5. The zero-order chi connectivity index (χ0) is 15.9. The first-order valence-corrected chi connectivity index (χ1v) is 7.92. The fourth-order valence-corrected chi connectivity index (χ4v) is 2.67. The average molecular weight is 324 g/mol. The molecule has 0 bridgehead atoms.